The van der Waals surface area contributed by atoms with E-state index in [1.54, 1.807) is 30.5 Å². The van der Waals surface area contributed by atoms with Crippen LogP contribution in [0.2, 0.25) is 5.02 Å². The Kier molecular flexibility index (Phi) is 3.41. The normalized spacial score (nSPS) is 22.9. The Bertz CT molecular complexity index is 519. The minimum atomic E-state index is -1.30. The van der Waals surface area contributed by atoms with E-state index in [1.165, 1.54) is 0 Å². The Labute approximate surface area is 117 Å². The van der Waals surface area contributed by atoms with Gasteiger partial charge >= 0.3 is 0 Å². The van der Waals surface area contributed by atoms with Crippen LogP contribution in [0.15, 0.2) is 29.4 Å². The van der Waals surface area contributed by atoms with Gasteiger partial charge in [-0.25, -0.2) is 0 Å². The Morgan fingerprint density at radius 3 is 2.47 bits per heavy atom. The van der Waals surface area contributed by atoms with Gasteiger partial charge in [0, 0.05) is 28.6 Å². The number of benzene rings is 1. The summed E-state index contributed by atoms with van der Waals surface area (Å²) in [6, 6.07) is 6.54. The van der Waals surface area contributed by atoms with Gasteiger partial charge in [0.05, 0.1) is 0 Å². The molecule has 1 heterocycles. The number of hydrogen-bond donors (Lipinski definition) is 1. The average molecular weight is 281 g/mol. The van der Waals surface area contributed by atoms with Crippen LogP contribution in [0.5, 0.6) is 0 Å². The number of amides is 1. The van der Waals surface area contributed by atoms with E-state index in [0.717, 1.165) is 5.01 Å². The highest BCUT2D eigenvalue weighted by Gasteiger charge is 2.50. The van der Waals surface area contributed by atoms with Gasteiger partial charge in [-0.15, -0.1) is 0 Å². The SMILES string of the molecule is CC(C)(C)[C@@]1(O)CC=NN1C(=O)c1ccc(Cl)cc1. The zero-order valence-corrected chi connectivity index (χ0v) is 12.0. The highest BCUT2D eigenvalue weighted by Crippen LogP contribution is 2.39. The van der Waals surface area contributed by atoms with Crippen molar-refractivity contribution in [3.8, 4) is 0 Å². The molecule has 4 nitrogen and oxygen atoms in total. The summed E-state index contributed by atoms with van der Waals surface area (Å²) in [7, 11) is 0. The smallest absolute Gasteiger partial charge is 0.276 e. The minimum Gasteiger partial charge on any atom is -0.368 e. The van der Waals surface area contributed by atoms with E-state index in [9.17, 15) is 9.90 Å². The molecule has 102 valence electrons. The van der Waals surface area contributed by atoms with E-state index < -0.39 is 11.1 Å². The second kappa shape index (κ2) is 4.62. The second-order valence-electron chi connectivity index (χ2n) is 5.69. The van der Waals surface area contributed by atoms with Crippen molar-refractivity contribution in [1.82, 2.24) is 5.01 Å². The Morgan fingerprint density at radius 1 is 1.37 bits per heavy atom. The molecule has 0 aliphatic carbocycles. The molecule has 0 unspecified atom stereocenters. The average Bonchev–Trinajstić information content (AvgIpc) is 2.72. The second-order valence-corrected chi connectivity index (χ2v) is 6.13. The molecule has 5 heteroatoms. The van der Waals surface area contributed by atoms with Gasteiger partial charge in [-0.05, 0) is 24.3 Å². The Balaban J connectivity index is 2.33. The van der Waals surface area contributed by atoms with E-state index in [-0.39, 0.29) is 5.91 Å². The van der Waals surface area contributed by atoms with Crippen molar-refractivity contribution in [2.75, 3.05) is 0 Å². The third-order valence-corrected chi connectivity index (χ3v) is 3.66. The zero-order chi connectivity index (χ0) is 14.3. The van der Waals surface area contributed by atoms with E-state index in [1.807, 2.05) is 20.8 Å². The molecule has 1 atom stereocenters. The van der Waals surface area contributed by atoms with Crippen molar-refractivity contribution in [1.29, 1.82) is 0 Å². The van der Waals surface area contributed by atoms with E-state index in [2.05, 4.69) is 5.10 Å². The first kappa shape index (κ1) is 14.0. The fraction of sp³-hybridized carbons (Fsp3) is 0.429. The number of aliphatic hydroxyl groups is 1. The van der Waals surface area contributed by atoms with Crippen LogP contribution >= 0.6 is 11.6 Å². The van der Waals surface area contributed by atoms with Crippen molar-refractivity contribution >= 4 is 23.7 Å². The standard InChI is InChI=1S/C14H17ClN2O2/c1-13(2,3)14(19)8-9-16-17(14)12(18)10-4-6-11(15)7-5-10/h4-7,9,19H,8H2,1-3H3/t14-/m0/s1. The summed E-state index contributed by atoms with van der Waals surface area (Å²) < 4.78 is 0. The quantitative estimate of drug-likeness (QED) is 0.860. The van der Waals surface area contributed by atoms with Gasteiger partial charge in [-0.2, -0.15) is 10.1 Å². The zero-order valence-electron chi connectivity index (χ0n) is 11.2. The monoisotopic (exact) mass is 280 g/mol. The summed E-state index contributed by atoms with van der Waals surface area (Å²) in [5.41, 5.74) is -1.35. The van der Waals surface area contributed by atoms with E-state index in [0.29, 0.717) is 17.0 Å². The number of nitrogens with zero attached hydrogens (tertiary/aromatic N) is 2. The van der Waals surface area contributed by atoms with Gasteiger partial charge in [-0.1, -0.05) is 32.4 Å². The summed E-state index contributed by atoms with van der Waals surface area (Å²) in [6.07, 6.45) is 1.90. The maximum absolute atomic E-state index is 12.4. The van der Waals surface area contributed by atoms with Crippen LogP contribution in [0.4, 0.5) is 0 Å². The van der Waals surface area contributed by atoms with Gasteiger partial charge in [-0.3, -0.25) is 4.79 Å². The molecule has 0 fully saturated rings. The van der Waals surface area contributed by atoms with Crippen molar-refractivity contribution in [2.45, 2.75) is 32.9 Å². The summed E-state index contributed by atoms with van der Waals surface area (Å²) in [5.74, 6) is -0.331. The molecule has 0 radical (unpaired) electrons. The number of halogens is 1. The van der Waals surface area contributed by atoms with Crippen molar-refractivity contribution in [3.63, 3.8) is 0 Å². The number of hydrogen-bond acceptors (Lipinski definition) is 3. The summed E-state index contributed by atoms with van der Waals surface area (Å²) in [6.45, 7) is 5.64. The lowest BCUT2D eigenvalue weighted by Gasteiger charge is -2.41. The fourth-order valence-corrected chi connectivity index (χ4v) is 2.12. The Morgan fingerprint density at radius 2 is 1.95 bits per heavy atom. The summed E-state index contributed by atoms with van der Waals surface area (Å²) in [5, 5.41) is 16.5. The van der Waals surface area contributed by atoms with Crippen molar-refractivity contribution < 1.29 is 9.90 Å². The molecule has 1 aromatic rings. The van der Waals surface area contributed by atoms with Gasteiger partial charge in [0.1, 0.15) is 0 Å². The molecular weight excluding hydrogens is 264 g/mol. The molecule has 1 aromatic carbocycles. The molecule has 0 spiro atoms. The molecule has 2 rings (SSSR count). The topological polar surface area (TPSA) is 52.9 Å². The van der Waals surface area contributed by atoms with Crippen LogP contribution in [0.25, 0.3) is 0 Å². The molecule has 0 bridgehead atoms. The van der Waals surface area contributed by atoms with Gasteiger partial charge in [0.2, 0.25) is 0 Å². The third kappa shape index (κ3) is 2.38. The van der Waals surface area contributed by atoms with Crippen molar-refractivity contribution in [2.24, 2.45) is 10.5 Å². The number of carbonyl (C=O) groups excluding carboxylic acids is 1. The summed E-state index contributed by atoms with van der Waals surface area (Å²) in [4.78, 5) is 12.4. The molecule has 1 amide bonds. The van der Waals surface area contributed by atoms with Gasteiger partial charge in [0.25, 0.3) is 5.91 Å². The van der Waals surface area contributed by atoms with Gasteiger partial charge < -0.3 is 5.11 Å². The first-order valence-corrected chi connectivity index (χ1v) is 6.48. The number of hydrazone groups is 1. The van der Waals surface area contributed by atoms with Gasteiger partial charge in [0.15, 0.2) is 5.72 Å². The first-order chi connectivity index (χ1) is 8.75. The molecule has 1 aliphatic rings. The lowest BCUT2D eigenvalue weighted by Crippen LogP contribution is -2.54. The first-order valence-electron chi connectivity index (χ1n) is 6.11. The van der Waals surface area contributed by atoms with E-state index >= 15 is 0 Å². The Hall–Kier alpha value is -1.39. The third-order valence-electron chi connectivity index (χ3n) is 3.41. The van der Waals surface area contributed by atoms with Crippen LogP contribution in [-0.4, -0.2) is 28.0 Å². The maximum atomic E-state index is 12.4. The fourth-order valence-electron chi connectivity index (χ4n) is 1.99. The van der Waals surface area contributed by atoms with Crippen molar-refractivity contribution in [3.05, 3.63) is 34.9 Å². The lowest BCUT2D eigenvalue weighted by atomic mass is 9.81. The predicted octanol–water partition coefficient (Wildman–Crippen LogP) is 2.91. The highest BCUT2D eigenvalue weighted by atomic mass is 35.5. The number of carbonyl (C=O) groups is 1. The molecule has 0 saturated heterocycles. The molecule has 1 aliphatic heterocycles. The molecule has 0 saturated carbocycles. The molecule has 0 aromatic heterocycles. The molecular formula is C14H17ClN2O2. The molecule has 1 N–H and O–H groups in total. The summed E-state index contributed by atoms with van der Waals surface area (Å²) >= 11 is 5.80. The lowest BCUT2D eigenvalue weighted by molar-refractivity contribution is -0.143. The van der Waals surface area contributed by atoms with Crippen LogP contribution in [0, 0.1) is 5.41 Å². The highest BCUT2D eigenvalue weighted by molar-refractivity contribution is 6.30. The molecule has 19 heavy (non-hydrogen) atoms. The van der Waals surface area contributed by atoms with E-state index in [4.69, 9.17) is 11.6 Å². The van der Waals surface area contributed by atoms with Crippen LogP contribution in [0.3, 0.4) is 0 Å². The number of rotatable bonds is 1. The minimum absolute atomic E-state index is 0.329. The van der Waals surface area contributed by atoms with Crippen LogP contribution in [-0.2, 0) is 0 Å². The van der Waals surface area contributed by atoms with Crippen LogP contribution < -0.4 is 0 Å². The largest absolute Gasteiger partial charge is 0.368 e. The maximum Gasteiger partial charge on any atom is 0.276 e. The predicted molar refractivity (Wildman–Crippen MR) is 75.1 cm³/mol. The van der Waals surface area contributed by atoms with Crippen LogP contribution in [0.1, 0.15) is 37.6 Å².